The number of carbonyl (C=O) groups excluding carboxylic acids is 1. The Kier molecular flexibility index (Phi) is 4.08. The number of rotatable bonds is 6. The number of unbranched alkanes of at least 4 members (excludes halogenated alkanes) is 1. The van der Waals surface area contributed by atoms with E-state index in [9.17, 15) is 4.79 Å². The Hall–Kier alpha value is -1.32. The number of nitrogens with zero attached hydrogens (tertiary/aromatic N) is 1. The molecule has 1 aromatic heterocycles. The molecule has 0 unspecified atom stereocenters. The number of hydrogen-bond acceptors (Lipinski definition) is 2. The molecule has 2 aliphatic carbocycles. The first kappa shape index (κ1) is 13.7. The summed E-state index contributed by atoms with van der Waals surface area (Å²) < 4.78 is 0. The molecule has 2 saturated carbocycles. The molecule has 0 saturated heterocycles. The predicted molar refractivity (Wildman–Crippen MR) is 78.7 cm³/mol. The van der Waals surface area contributed by atoms with Crippen molar-refractivity contribution in [2.45, 2.75) is 70.3 Å². The summed E-state index contributed by atoms with van der Waals surface area (Å²) in [5, 5.41) is 10.3. The molecule has 0 aliphatic heterocycles. The van der Waals surface area contributed by atoms with Crippen molar-refractivity contribution in [2.24, 2.45) is 5.92 Å². The predicted octanol–water partition coefficient (Wildman–Crippen LogP) is 3.38. The number of carbonyl (C=O) groups is 1. The number of aromatic amines is 1. The van der Waals surface area contributed by atoms with Gasteiger partial charge in [-0.25, -0.2) is 0 Å². The van der Waals surface area contributed by atoms with Crippen LogP contribution in [0.5, 0.6) is 0 Å². The van der Waals surface area contributed by atoms with Crippen LogP contribution in [0.1, 0.15) is 80.3 Å². The summed E-state index contributed by atoms with van der Waals surface area (Å²) in [5.41, 5.74) is 1.82. The molecule has 2 aliphatic rings. The fourth-order valence-corrected chi connectivity index (χ4v) is 3.45. The van der Waals surface area contributed by atoms with Crippen molar-refractivity contribution < 1.29 is 4.79 Å². The summed E-state index contributed by atoms with van der Waals surface area (Å²) in [7, 11) is 0. The lowest BCUT2D eigenvalue weighted by Crippen LogP contribution is -2.37. The number of nitrogens with one attached hydrogen (secondary N) is 2. The number of hydrogen-bond donors (Lipinski definition) is 2. The zero-order valence-corrected chi connectivity index (χ0v) is 12.3. The molecule has 4 nitrogen and oxygen atoms in total. The Bertz CT molecular complexity index is 464. The van der Waals surface area contributed by atoms with E-state index in [1.54, 1.807) is 6.20 Å². The van der Waals surface area contributed by atoms with Crippen LogP contribution in [-0.2, 0) is 0 Å². The van der Waals surface area contributed by atoms with Crippen LogP contribution in [0.15, 0.2) is 6.20 Å². The van der Waals surface area contributed by atoms with Gasteiger partial charge in [0.1, 0.15) is 0 Å². The maximum atomic E-state index is 12.5. The summed E-state index contributed by atoms with van der Waals surface area (Å²) in [5.74, 6) is 1.29. The quantitative estimate of drug-likeness (QED) is 0.836. The van der Waals surface area contributed by atoms with Gasteiger partial charge in [-0.15, -0.1) is 0 Å². The molecule has 20 heavy (non-hydrogen) atoms. The van der Waals surface area contributed by atoms with Crippen molar-refractivity contribution in [3.05, 3.63) is 17.5 Å². The SMILES string of the molecule is CCCC[C@@H]1CCC[C@H]1NC(=O)c1cn[nH]c1C1CC1. The van der Waals surface area contributed by atoms with Gasteiger partial charge in [0, 0.05) is 12.0 Å². The summed E-state index contributed by atoms with van der Waals surface area (Å²) in [6.07, 6.45) is 11.5. The Morgan fingerprint density at radius 1 is 1.40 bits per heavy atom. The average molecular weight is 275 g/mol. The fraction of sp³-hybridized carbons (Fsp3) is 0.750. The highest BCUT2D eigenvalue weighted by atomic mass is 16.1. The largest absolute Gasteiger partial charge is 0.349 e. The van der Waals surface area contributed by atoms with Crippen LogP contribution in [0.2, 0.25) is 0 Å². The Labute approximate surface area is 120 Å². The van der Waals surface area contributed by atoms with Gasteiger partial charge in [-0.1, -0.05) is 26.2 Å². The number of aromatic nitrogens is 2. The van der Waals surface area contributed by atoms with Crippen LogP contribution in [0.25, 0.3) is 0 Å². The third-order valence-electron chi connectivity index (χ3n) is 4.80. The number of amides is 1. The van der Waals surface area contributed by atoms with Crippen LogP contribution >= 0.6 is 0 Å². The van der Waals surface area contributed by atoms with Crippen LogP contribution < -0.4 is 5.32 Å². The van der Waals surface area contributed by atoms with Crippen molar-refractivity contribution in [3.63, 3.8) is 0 Å². The van der Waals surface area contributed by atoms with Gasteiger partial charge >= 0.3 is 0 Å². The highest BCUT2D eigenvalue weighted by molar-refractivity contribution is 5.95. The van der Waals surface area contributed by atoms with Gasteiger partial charge in [-0.3, -0.25) is 9.89 Å². The van der Waals surface area contributed by atoms with Gasteiger partial charge in [0.15, 0.2) is 0 Å². The minimum Gasteiger partial charge on any atom is -0.349 e. The molecule has 1 amide bonds. The smallest absolute Gasteiger partial charge is 0.254 e. The number of H-pyrrole nitrogens is 1. The summed E-state index contributed by atoms with van der Waals surface area (Å²) >= 11 is 0. The molecule has 1 heterocycles. The van der Waals surface area contributed by atoms with E-state index in [1.165, 1.54) is 44.9 Å². The van der Waals surface area contributed by atoms with Gasteiger partial charge in [-0.05, 0) is 38.0 Å². The van der Waals surface area contributed by atoms with Crippen molar-refractivity contribution >= 4 is 5.91 Å². The van der Waals surface area contributed by atoms with E-state index in [-0.39, 0.29) is 5.91 Å². The van der Waals surface area contributed by atoms with Gasteiger partial charge in [0.05, 0.1) is 17.5 Å². The zero-order chi connectivity index (χ0) is 13.9. The van der Waals surface area contributed by atoms with Crippen LogP contribution in [0.4, 0.5) is 0 Å². The molecule has 0 aromatic carbocycles. The normalized spacial score (nSPS) is 25.9. The van der Waals surface area contributed by atoms with E-state index in [4.69, 9.17) is 0 Å². The summed E-state index contributed by atoms with van der Waals surface area (Å²) in [6.45, 7) is 2.23. The Morgan fingerprint density at radius 3 is 3.00 bits per heavy atom. The van der Waals surface area contributed by atoms with Crippen LogP contribution in [0.3, 0.4) is 0 Å². The first-order valence-electron chi connectivity index (χ1n) is 8.13. The lowest BCUT2D eigenvalue weighted by molar-refractivity contribution is 0.0925. The minimum atomic E-state index is 0.0778. The Morgan fingerprint density at radius 2 is 2.25 bits per heavy atom. The highest BCUT2D eigenvalue weighted by Crippen LogP contribution is 2.40. The van der Waals surface area contributed by atoms with Crippen molar-refractivity contribution in [1.82, 2.24) is 15.5 Å². The molecule has 0 spiro atoms. The third kappa shape index (κ3) is 2.89. The monoisotopic (exact) mass is 275 g/mol. The van der Waals surface area contributed by atoms with E-state index >= 15 is 0 Å². The molecule has 2 fully saturated rings. The van der Waals surface area contributed by atoms with Gasteiger partial charge in [-0.2, -0.15) is 5.10 Å². The van der Waals surface area contributed by atoms with E-state index in [0.717, 1.165) is 17.7 Å². The maximum absolute atomic E-state index is 12.5. The van der Waals surface area contributed by atoms with E-state index in [1.807, 2.05) is 0 Å². The molecule has 1 aromatic rings. The second-order valence-electron chi connectivity index (χ2n) is 6.38. The fourth-order valence-electron chi connectivity index (χ4n) is 3.45. The van der Waals surface area contributed by atoms with Gasteiger partial charge < -0.3 is 5.32 Å². The maximum Gasteiger partial charge on any atom is 0.254 e. The lowest BCUT2D eigenvalue weighted by atomic mass is 9.96. The van der Waals surface area contributed by atoms with Crippen LogP contribution in [0, 0.1) is 5.92 Å². The molecule has 110 valence electrons. The standard InChI is InChI=1S/C16H25N3O/c1-2-3-5-11-6-4-7-14(11)18-16(20)13-10-17-19-15(13)12-8-9-12/h10-12,14H,2-9H2,1H3,(H,17,19)(H,18,20)/t11-,14-/m1/s1. The molecule has 0 radical (unpaired) electrons. The molecule has 0 bridgehead atoms. The van der Waals surface area contributed by atoms with Gasteiger partial charge in [0.2, 0.25) is 0 Å². The molecule has 3 rings (SSSR count). The van der Waals surface area contributed by atoms with Crippen molar-refractivity contribution in [2.75, 3.05) is 0 Å². The Balaban J connectivity index is 1.61. The topological polar surface area (TPSA) is 57.8 Å². The molecule has 2 N–H and O–H groups in total. The molecule has 2 atom stereocenters. The van der Waals surface area contributed by atoms with E-state index in [0.29, 0.717) is 17.9 Å². The molecular formula is C16H25N3O. The van der Waals surface area contributed by atoms with Crippen molar-refractivity contribution in [3.8, 4) is 0 Å². The third-order valence-corrected chi connectivity index (χ3v) is 4.80. The first-order chi connectivity index (χ1) is 9.79. The summed E-state index contributed by atoms with van der Waals surface area (Å²) in [6, 6.07) is 0.371. The van der Waals surface area contributed by atoms with Crippen LogP contribution in [-0.4, -0.2) is 22.1 Å². The summed E-state index contributed by atoms with van der Waals surface area (Å²) in [4.78, 5) is 12.5. The van der Waals surface area contributed by atoms with Crippen molar-refractivity contribution in [1.29, 1.82) is 0 Å². The average Bonchev–Trinajstić information content (AvgIpc) is 3.01. The second-order valence-corrected chi connectivity index (χ2v) is 6.38. The van der Waals surface area contributed by atoms with E-state index < -0.39 is 0 Å². The zero-order valence-electron chi connectivity index (χ0n) is 12.3. The van der Waals surface area contributed by atoms with Gasteiger partial charge in [0.25, 0.3) is 5.91 Å². The lowest BCUT2D eigenvalue weighted by Gasteiger charge is -2.20. The highest BCUT2D eigenvalue weighted by Gasteiger charge is 2.32. The second kappa shape index (κ2) is 5.98. The minimum absolute atomic E-state index is 0.0778. The molecule has 4 heteroatoms. The van der Waals surface area contributed by atoms with E-state index in [2.05, 4.69) is 22.4 Å². The first-order valence-corrected chi connectivity index (χ1v) is 8.13. The molecular weight excluding hydrogens is 250 g/mol.